The molecule has 18 heavy (non-hydrogen) atoms. The van der Waals surface area contributed by atoms with Crippen molar-refractivity contribution in [1.82, 2.24) is 5.32 Å². The highest BCUT2D eigenvalue weighted by Crippen LogP contribution is 2.15. The molecule has 1 rings (SSSR count). The van der Waals surface area contributed by atoms with Gasteiger partial charge in [0.25, 0.3) is 5.69 Å². The summed E-state index contributed by atoms with van der Waals surface area (Å²) >= 11 is 0. The molecule has 0 aliphatic carbocycles. The van der Waals surface area contributed by atoms with Crippen molar-refractivity contribution >= 4 is 17.4 Å². The van der Waals surface area contributed by atoms with Crippen molar-refractivity contribution in [2.24, 2.45) is 0 Å². The number of nitro groups is 1. The average molecular weight is 253 g/mol. The van der Waals surface area contributed by atoms with E-state index in [1.807, 2.05) is 0 Å². The van der Waals surface area contributed by atoms with Crippen molar-refractivity contribution in [2.75, 3.05) is 19.0 Å². The number of nitrogens with one attached hydrogen (secondary N) is 2. The first-order valence-corrected chi connectivity index (χ1v) is 5.34. The Labute approximate surface area is 104 Å². The average Bonchev–Trinajstić information content (AvgIpc) is 2.29. The van der Waals surface area contributed by atoms with Crippen molar-refractivity contribution in [2.45, 2.75) is 13.0 Å². The van der Waals surface area contributed by atoms with Gasteiger partial charge >= 0.3 is 6.03 Å². The van der Waals surface area contributed by atoms with Crippen LogP contribution in [0.25, 0.3) is 0 Å². The number of ether oxygens (including phenoxy) is 1. The molecule has 1 atom stereocenters. The molecule has 2 amide bonds. The van der Waals surface area contributed by atoms with E-state index in [1.54, 1.807) is 14.0 Å². The summed E-state index contributed by atoms with van der Waals surface area (Å²) in [5.74, 6) is 0. The molecule has 98 valence electrons. The second-order valence-corrected chi connectivity index (χ2v) is 3.76. The lowest BCUT2D eigenvalue weighted by molar-refractivity contribution is -0.384. The molecule has 0 saturated heterocycles. The van der Waals surface area contributed by atoms with Gasteiger partial charge in [-0.05, 0) is 19.1 Å². The number of methoxy groups -OCH3 is 1. The maximum Gasteiger partial charge on any atom is 0.319 e. The molecular formula is C11H15N3O4. The Hall–Kier alpha value is -2.15. The third kappa shape index (κ3) is 4.38. The van der Waals surface area contributed by atoms with Crippen molar-refractivity contribution < 1.29 is 14.5 Å². The van der Waals surface area contributed by atoms with Crippen LogP contribution in [0.2, 0.25) is 0 Å². The van der Waals surface area contributed by atoms with Crippen LogP contribution in [0.1, 0.15) is 6.92 Å². The summed E-state index contributed by atoms with van der Waals surface area (Å²) in [5.41, 5.74) is 0.469. The summed E-state index contributed by atoms with van der Waals surface area (Å²) < 4.78 is 4.88. The lowest BCUT2D eigenvalue weighted by atomic mass is 10.3. The fraction of sp³-hybridized carbons (Fsp3) is 0.364. The molecule has 1 unspecified atom stereocenters. The molecule has 0 aromatic heterocycles. The standard InChI is InChI=1S/C11H15N3O4/c1-8(7-18-2)12-11(15)13-9-3-5-10(6-4-9)14(16)17/h3-6,8H,7H2,1-2H3,(H2,12,13,15). The van der Waals surface area contributed by atoms with Crippen LogP contribution in [0.3, 0.4) is 0 Å². The summed E-state index contributed by atoms with van der Waals surface area (Å²) in [6.07, 6.45) is 0. The number of amides is 2. The Kier molecular flexibility index (Phi) is 5.06. The molecule has 1 aromatic carbocycles. The van der Waals surface area contributed by atoms with E-state index in [-0.39, 0.29) is 17.8 Å². The van der Waals surface area contributed by atoms with Gasteiger partial charge in [-0.2, -0.15) is 0 Å². The van der Waals surface area contributed by atoms with Crippen molar-refractivity contribution in [3.63, 3.8) is 0 Å². The third-order valence-corrected chi connectivity index (χ3v) is 2.13. The van der Waals surface area contributed by atoms with Crippen molar-refractivity contribution in [3.8, 4) is 0 Å². The maximum atomic E-state index is 11.5. The molecule has 0 aliphatic rings. The SMILES string of the molecule is COCC(C)NC(=O)Nc1ccc([N+](=O)[O-])cc1. The fourth-order valence-electron chi connectivity index (χ4n) is 1.35. The second-order valence-electron chi connectivity index (χ2n) is 3.76. The number of anilines is 1. The minimum Gasteiger partial charge on any atom is -0.383 e. The van der Waals surface area contributed by atoms with E-state index < -0.39 is 4.92 Å². The topological polar surface area (TPSA) is 93.5 Å². The molecule has 0 saturated carbocycles. The highest BCUT2D eigenvalue weighted by Gasteiger charge is 2.08. The third-order valence-electron chi connectivity index (χ3n) is 2.13. The van der Waals surface area contributed by atoms with Crippen LogP contribution in [0.15, 0.2) is 24.3 Å². The zero-order valence-corrected chi connectivity index (χ0v) is 10.2. The van der Waals surface area contributed by atoms with Gasteiger partial charge in [0.05, 0.1) is 17.6 Å². The van der Waals surface area contributed by atoms with E-state index in [9.17, 15) is 14.9 Å². The molecule has 7 nitrogen and oxygen atoms in total. The Morgan fingerprint density at radius 2 is 2.06 bits per heavy atom. The van der Waals surface area contributed by atoms with Gasteiger partial charge in [0, 0.05) is 24.9 Å². The highest BCUT2D eigenvalue weighted by atomic mass is 16.6. The summed E-state index contributed by atoms with van der Waals surface area (Å²) in [4.78, 5) is 21.5. The van der Waals surface area contributed by atoms with E-state index in [1.165, 1.54) is 24.3 Å². The Bertz CT molecular complexity index is 419. The summed E-state index contributed by atoms with van der Waals surface area (Å²) in [7, 11) is 1.55. The first-order valence-electron chi connectivity index (χ1n) is 5.34. The van der Waals surface area contributed by atoms with Crippen LogP contribution in [-0.2, 0) is 4.74 Å². The first kappa shape index (κ1) is 13.9. The summed E-state index contributed by atoms with van der Waals surface area (Å²) in [6.45, 7) is 2.21. The zero-order valence-electron chi connectivity index (χ0n) is 10.2. The number of rotatable bonds is 5. The monoisotopic (exact) mass is 253 g/mol. The first-order chi connectivity index (χ1) is 8.52. The van der Waals surface area contributed by atoms with Crippen LogP contribution in [0.5, 0.6) is 0 Å². The summed E-state index contributed by atoms with van der Waals surface area (Å²) in [5, 5.41) is 15.7. The lowest BCUT2D eigenvalue weighted by Crippen LogP contribution is -2.38. The van der Waals surface area contributed by atoms with Gasteiger partial charge in [-0.3, -0.25) is 10.1 Å². The minimum atomic E-state index is -0.496. The number of hydrogen-bond acceptors (Lipinski definition) is 4. The van der Waals surface area contributed by atoms with E-state index in [4.69, 9.17) is 4.74 Å². The van der Waals surface area contributed by atoms with Crippen LogP contribution in [-0.4, -0.2) is 30.7 Å². The molecule has 1 aromatic rings. The number of nitro benzene ring substituents is 1. The van der Waals surface area contributed by atoms with Crippen LogP contribution < -0.4 is 10.6 Å². The van der Waals surface area contributed by atoms with Gasteiger partial charge < -0.3 is 15.4 Å². The predicted molar refractivity (Wildman–Crippen MR) is 66.6 cm³/mol. The minimum absolute atomic E-state index is 0.0197. The Morgan fingerprint density at radius 1 is 1.44 bits per heavy atom. The zero-order chi connectivity index (χ0) is 13.5. The van der Waals surface area contributed by atoms with Gasteiger partial charge in [-0.15, -0.1) is 0 Å². The quantitative estimate of drug-likeness (QED) is 0.617. The van der Waals surface area contributed by atoms with Crippen LogP contribution in [0.4, 0.5) is 16.2 Å². The van der Waals surface area contributed by atoms with E-state index in [0.717, 1.165) is 0 Å². The van der Waals surface area contributed by atoms with Crippen molar-refractivity contribution in [3.05, 3.63) is 34.4 Å². The lowest BCUT2D eigenvalue weighted by Gasteiger charge is -2.13. The summed E-state index contributed by atoms with van der Waals surface area (Å²) in [6, 6.07) is 5.10. The fourth-order valence-corrected chi connectivity index (χ4v) is 1.35. The van der Waals surface area contributed by atoms with Gasteiger partial charge in [0.1, 0.15) is 0 Å². The molecule has 0 spiro atoms. The number of benzene rings is 1. The van der Waals surface area contributed by atoms with Crippen LogP contribution in [0, 0.1) is 10.1 Å². The van der Waals surface area contributed by atoms with Crippen molar-refractivity contribution in [1.29, 1.82) is 0 Å². The highest BCUT2D eigenvalue weighted by molar-refractivity contribution is 5.89. The number of non-ortho nitro benzene ring substituents is 1. The molecular weight excluding hydrogens is 238 g/mol. The number of carbonyl (C=O) groups excluding carboxylic acids is 1. The molecule has 0 aliphatic heterocycles. The predicted octanol–water partition coefficient (Wildman–Crippen LogP) is 1.75. The molecule has 7 heteroatoms. The van der Waals surface area contributed by atoms with Crippen LogP contribution >= 0.6 is 0 Å². The Balaban J connectivity index is 2.51. The second kappa shape index (κ2) is 6.55. The largest absolute Gasteiger partial charge is 0.383 e. The smallest absolute Gasteiger partial charge is 0.319 e. The maximum absolute atomic E-state index is 11.5. The normalized spacial score (nSPS) is 11.7. The van der Waals surface area contributed by atoms with Gasteiger partial charge in [-0.25, -0.2) is 4.79 Å². The number of urea groups is 1. The molecule has 0 radical (unpaired) electrons. The van der Waals surface area contributed by atoms with Gasteiger partial charge in [0.15, 0.2) is 0 Å². The number of carbonyl (C=O) groups is 1. The Morgan fingerprint density at radius 3 is 2.56 bits per heavy atom. The molecule has 2 N–H and O–H groups in total. The molecule has 0 heterocycles. The molecule has 0 bridgehead atoms. The molecule has 0 fully saturated rings. The van der Waals surface area contributed by atoms with E-state index >= 15 is 0 Å². The van der Waals surface area contributed by atoms with E-state index in [2.05, 4.69) is 10.6 Å². The van der Waals surface area contributed by atoms with E-state index in [0.29, 0.717) is 12.3 Å². The number of nitrogens with zero attached hydrogens (tertiary/aromatic N) is 1. The number of hydrogen-bond donors (Lipinski definition) is 2. The van der Waals surface area contributed by atoms with Gasteiger partial charge in [0.2, 0.25) is 0 Å². The van der Waals surface area contributed by atoms with Gasteiger partial charge in [-0.1, -0.05) is 0 Å².